The first-order chi connectivity index (χ1) is 5.70. The number of nitrogens with one attached hydrogen (secondary N) is 1. The van der Waals surface area contributed by atoms with Crippen molar-refractivity contribution in [2.24, 2.45) is 0 Å². The first-order valence-electron chi connectivity index (χ1n) is 4.36. The van der Waals surface area contributed by atoms with Gasteiger partial charge in [0, 0.05) is 6.54 Å². The highest BCUT2D eigenvalue weighted by Gasteiger charge is 2.42. The third-order valence-corrected chi connectivity index (χ3v) is 2.59. The fourth-order valence-electron chi connectivity index (χ4n) is 2.05. The van der Waals surface area contributed by atoms with Crippen molar-refractivity contribution in [1.82, 2.24) is 10.2 Å². The number of nitrogens with zero attached hydrogens (tertiary/aromatic N) is 1. The van der Waals surface area contributed by atoms with E-state index < -0.39 is 0 Å². The van der Waals surface area contributed by atoms with Crippen molar-refractivity contribution in [3.63, 3.8) is 0 Å². The highest BCUT2D eigenvalue weighted by Crippen LogP contribution is 2.26. The second-order valence-electron chi connectivity index (χ2n) is 3.77. The van der Waals surface area contributed by atoms with Crippen LogP contribution in [-0.4, -0.2) is 43.3 Å². The van der Waals surface area contributed by atoms with Gasteiger partial charge in [0.1, 0.15) is 5.60 Å². The van der Waals surface area contributed by atoms with Crippen LogP contribution in [0.3, 0.4) is 0 Å². The Morgan fingerprint density at radius 2 is 2.50 bits per heavy atom. The molecule has 1 N–H and O–H groups in total. The molecule has 1 spiro atoms. The Kier molecular flexibility index (Phi) is 1.72. The lowest BCUT2D eigenvalue weighted by Gasteiger charge is -2.35. The van der Waals surface area contributed by atoms with Crippen LogP contribution in [0.1, 0.15) is 12.8 Å². The number of carbonyl (C=O) groups is 1. The van der Waals surface area contributed by atoms with E-state index in [1.54, 1.807) is 0 Å². The van der Waals surface area contributed by atoms with Gasteiger partial charge < -0.3 is 15.0 Å². The van der Waals surface area contributed by atoms with Crippen molar-refractivity contribution in [1.29, 1.82) is 0 Å². The maximum atomic E-state index is 10.9. The van der Waals surface area contributed by atoms with Crippen molar-refractivity contribution in [2.45, 2.75) is 18.4 Å². The maximum absolute atomic E-state index is 10.9. The zero-order valence-corrected chi connectivity index (χ0v) is 7.30. The van der Waals surface area contributed by atoms with Crippen LogP contribution in [0.2, 0.25) is 0 Å². The van der Waals surface area contributed by atoms with Crippen molar-refractivity contribution < 1.29 is 9.53 Å². The number of carbonyl (C=O) groups excluding carboxylic acids is 1. The standard InChI is InChI=1S/C8H14N2O2/c1-10-4-2-3-8(6-10)5-9-7(11)12-8/h2-6H2,1H3,(H,9,11). The number of likely N-dealkylation sites (tertiary alicyclic amines) is 1. The molecule has 0 saturated carbocycles. The van der Waals surface area contributed by atoms with E-state index in [0.29, 0.717) is 6.54 Å². The van der Waals surface area contributed by atoms with Gasteiger partial charge in [0.25, 0.3) is 0 Å². The van der Waals surface area contributed by atoms with Crippen molar-refractivity contribution in [3.8, 4) is 0 Å². The smallest absolute Gasteiger partial charge is 0.407 e. The number of likely N-dealkylation sites (N-methyl/N-ethyl adjacent to an activating group) is 1. The second-order valence-corrected chi connectivity index (χ2v) is 3.77. The lowest BCUT2D eigenvalue weighted by atomic mass is 9.93. The number of piperidine rings is 1. The molecule has 1 amide bonds. The summed E-state index contributed by atoms with van der Waals surface area (Å²) in [6, 6.07) is 0. The Morgan fingerprint density at radius 3 is 3.08 bits per heavy atom. The Balaban J connectivity index is 2.05. The molecule has 4 nitrogen and oxygen atoms in total. The zero-order chi connectivity index (χ0) is 8.60. The van der Waals surface area contributed by atoms with Crippen LogP contribution in [-0.2, 0) is 4.74 Å². The van der Waals surface area contributed by atoms with Crippen molar-refractivity contribution in [2.75, 3.05) is 26.7 Å². The van der Waals surface area contributed by atoms with E-state index in [9.17, 15) is 4.79 Å². The second kappa shape index (κ2) is 2.62. The number of hydrogen-bond donors (Lipinski definition) is 1. The van der Waals surface area contributed by atoms with Crippen LogP contribution in [0.15, 0.2) is 0 Å². The quantitative estimate of drug-likeness (QED) is 0.564. The minimum Gasteiger partial charge on any atom is -0.440 e. The highest BCUT2D eigenvalue weighted by molar-refractivity contribution is 5.70. The van der Waals surface area contributed by atoms with E-state index in [4.69, 9.17) is 4.74 Å². The lowest BCUT2D eigenvalue weighted by Crippen LogP contribution is -2.48. The molecule has 0 aliphatic carbocycles. The molecule has 68 valence electrons. The molecule has 0 bridgehead atoms. The summed E-state index contributed by atoms with van der Waals surface area (Å²) in [5, 5.41) is 2.71. The zero-order valence-electron chi connectivity index (χ0n) is 7.30. The monoisotopic (exact) mass is 170 g/mol. The molecular weight excluding hydrogens is 156 g/mol. The first-order valence-corrected chi connectivity index (χ1v) is 4.36. The Morgan fingerprint density at radius 1 is 1.67 bits per heavy atom. The Hall–Kier alpha value is -0.770. The molecule has 0 radical (unpaired) electrons. The average Bonchev–Trinajstić information content (AvgIpc) is 2.32. The molecule has 2 rings (SSSR count). The first kappa shape index (κ1) is 7.86. The van der Waals surface area contributed by atoms with E-state index in [2.05, 4.69) is 17.3 Å². The molecule has 0 aromatic rings. The van der Waals surface area contributed by atoms with Gasteiger partial charge in [-0.25, -0.2) is 4.79 Å². The van der Waals surface area contributed by atoms with Crippen LogP contribution >= 0.6 is 0 Å². The van der Waals surface area contributed by atoms with Gasteiger partial charge in [-0.15, -0.1) is 0 Å². The largest absolute Gasteiger partial charge is 0.440 e. The fraction of sp³-hybridized carbons (Fsp3) is 0.875. The van der Waals surface area contributed by atoms with Crippen LogP contribution in [0, 0.1) is 0 Å². The Labute approximate surface area is 71.9 Å². The molecule has 2 aliphatic rings. The summed E-state index contributed by atoms with van der Waals surface area (Å²) in [6.45, 7) is 2.65. The number of amides is 1. The molecule has 4 heteroatoms. The number of alkyl carbamates (subject to hydrolysis) is 1. The summed E-state index contributed by atoms with van der Waals surface area (Å²) >= 11 is 0. The van der Waals surface area contributed by atoms with Gasteiger partial charge in [0.2, 0.25) is 0 Å². The molecule has 2 aliphatic heterocycles. The number of hydrogen-bond acceptors (Lipinski definition) is 3. The maximum Gasteiger partial charge on any atom is 0.407 e. The van der Waals surface area contributed by atoms with Crippen molar-refractivity contribution in [3.05, 3.63) is 0 Å². The van der Waals surface area contributed by atoms with Gasteiger partial charge in [-0.2, -0.15) is 0 Å². The van der Waals surface area contributed by atoms with E-state index in [-0.39, 0.29) is 11.7 Å². The topological polar surface area (TPSA) is 41.6 Å². The average molecular weight is 170 g/mol. The third kappa shape index (κ3) is 1.27. The van der Waals surface area contributed by atoms with Crippen LogP contribution < -0.4 is 5.32 Å². The van der Waals surface area contributed by atoms with Crippen LogP contribution in [0.25, 0.3) is 0 Å². The molecular formula is C8H14N2O2. The predicted octanol–water partition coefficient (Wildman–Crippen LogP) is 0.191. The fourth-order valence-corrected chi connectivity index (χ4v) is 2.05. The molecule has 2 heterocycles. The van der Waals surface area contributed by atoms with Crippen molar-refractivity contribution >= 4 is 6.09 Å². The van der Waals surface area contributed by atoms with Crippen LogP contribution in [0.5, 0.6) is 0 Å². The van der Waals surface area contributed by atoms with Gasteiger partial charge in [-0.1, -0.05) is 0 Å². The van der Waals surface area contributed by atoms with Crippen LogP contribution in [0.4, 0.5) is 4.79 Å². The molecule has 0 aromatic carbocycles. The van der Waals surface area contributed by atoms with Gasteiger partial charge >= 0.3 is 6.09 Å². The van der Waals surface area contributed by atoms with Gasteiger partial charge in [-0.3, -0.25) is 0 Å². The summed E-state index contributed by atoms with van der Waals surface area (Å²) in [5.41, 5.74) is -0.218. The van der Waals surface area contributed by atoms with E-state index in [1.807, 2.05) is 0 Å². The van der Waals surface area contributed by atoms with E-state index in [0.717, 1.165) is 25.9 Å². The minimum atomic E-state index is -0.259. The molecule has 1 atom stereocenters. The third-order valence-electron chi connectivity index (χ3n) is 2.59. The lowest BCUT2D eigenvalue weighted by molar-refractivity contribution is -0.000428. The number of rotatable bonds is 0. The molecule has 2 saturated heterocycles. The summed E-state index contributed by atoms with van der Waals surface area (Å²) in [7, 11) is 2.06. The predicted molar refractivity (Wildman–Crippen MR) is 43.9 cm³/mol. The minimum absolute atomic E-state index is 0.218. The normalized spacial score (nSPS) is 36.6. The highest BCUT2D eigenvalue weighted by atomic mass is 16.6. The van der Waals surface area contributed by atoms with Gasteiger partial charge in [0.05, 0.1) is 6.54 Å². The molecule has 1 unspecified atom stereocenters. The van der Waals surface area contributed by atoms with E-state index >= 15 is 0 Å². The summed E-state index contributed by atoms with van der Waals surface area (Å²) in [4.78, 5) is 13.1. The van der Waals surface area contributed by atoms with Gasteiger partial charge in [0.15, 0.2) is 0 Å². The molecule has 0 aromatic heterocycles. The number of ether oxygens (including phenoxy) is 1. The summed E-state index contributed by atoms with van der Waals surface area (Å²) < 4.78 is 5.27. The molecule has 12 heavy (non-hydrogen) atoms. The summed E-state index contributed by atoms with van der Waals surface area (Å²) in [6.07, 6.45) is 1.85. The van der Waals surface area contributed by atoms with E-state index in [1.165, 1.54) is 0 Å². The summed E-state index contributed by atoms with van der Waals surface area (Å²) in [5.74, 6) is 0. The molecule has 2 fully saturated rings. The Bertz CT molecular complexity index is 207. The SMILES string of the molecule is CN1CCCC2(CNC(=O)O2)C1. The van der Waals surface area contributed by atoms with Gasteiger partial charge in [-0.05, 0) is 26.4 Å².